The molecule has 1 heterocycles. The maximum atomic E-state index is 12.7. The number of anilines is 2. The third kappa shape index (κ3) is 4.93. The largest absolute Gasteiger partial charge is 0.465 e. The number of esters is 1. The van der Waals surface area contributed by atoms with Crippen LogP contribution in [0.3, 0.4) is 0 Å². The number of hydrogen-bond acceptors (Lipinski definition) is 4. The molecule has 2 N–H and O–H groups in total. The average Bonchev–Trinajstić information content (AvgIpc) is 3.15. The molecule has 7 heteroatoms. The number of ether oxygens (including phenoxy) is 1. The Bertz CT molecular complexity index is 898. The molecule has 0 saturated carbocycles. The molecular formula is C22H25N3O4. The minimum atomic E-state index is -0.869. The molecule has 0 aliphatic carbocycles. The first-order valence-corrected chi connectivity index (χ1v) is 9.69. The van der Waals surface area contributed by atoms with Gasteiger partial charge in [0, 0.05) is 24.5 Å². The highest BCUT2D eigenvalue weighted by Gasteiger charge is 2.32. The molecule has 0 radical (unpaired) electrons. The van der Waals surface area contributed by atoms with Crippen LogP contribution in [-0.4, -0.2) is 31.1 Å². The molecule has 3 amide bonds. The van der Waals surface area contributed by atoms with Crippen molar-refractivity contribution in [1.82, 2.24) is 5.32 Å². The van der Waals surface area contributed by atoms with E-state index in [0.717, 1.165) is 11.1 Å². The predicted octanol–water partition coefficient (Wildman–Crippen LogP) is 3.10. The number of carbonyl (C=O) groups is 3. The first-order valence-electron chi connectivity index (χ1n) is 9.69. The number of amides is 3. The zero-order chi connectivity index (χ0) is 20.8. The molecule has 0 saturated heterocycles. The Morgan fingerprint density at radius 2 is 1.90 bits per heavy atom. The van der Waals surface area contributed by atoms with Gasteiger partial charge in [-0.3, -0.25) is 9.59 Å². The molecular weight excluding hydrogens is 370 g/mol. The molecule has 0 bridgehead atoms. The third-order valence-electron chi connectivity index (χ3n) is 4.81. The summed E-state index contributed by atoms with van der Waals surface area (Å²) in [5.41, 5.74) is 3.30. The van der Waals surface area contributed by atoms with Crippen LogP contribution < -0.4 is 15.5 Å². The zero-order valence-electron chi connectivity index (χ0n) is 16.6. The number of carbonyl (C=O) groups excluding carboxylic acids is 3. The van der Waals surface area contributed by atoms with Gasteiger partial charge in [-0.05, 0) is 43.5 Å². The number of hydrogen-bond donors (Lipinski definition) is 2. The van der Waals surface area contributed by atoms with Gasteiger partial charge in [0.05, 0.1) is 6.61 Å². The van der Waals surface area contributed by atoms with Crippen molar-refractivity contribution in [2.24, 2.45) is 5.92 Å². The topological polar surface area (TPSA) is 87.7 Å². The second-order valence-corrected chi connectivity index (χ2v) is 6.85. The van der Waals surface area contributed by atoms with E-state index in [-0.39, 0.29) is 18.5 Å². The Kier molecular flexibility index (Phi) is 6.49. The first-order chi connectivity index (χ1) is 14.0. The lowest BCUT2D eigenvalue weighted by Crippen LogP contribution is -2.38. The fourth-order valence-electron chi connectivity index (χ4n) is 3.24. The van der Waals surface area contributed by atoms with Gasteiger partial charge in [0.1, 0.15) is 5.92 Å². The molecule has 1 atom stereocenters. The molecule has 7 nitrogen and oxygen atoms in total. The van der Waals surface area contributed by atoms with Crippen molar-refractivity contribution in [1.29, 1.82) is 0 Å². The summed E-state index contributed by atoms with van der Waals surface area (Å²) in [6.45, 7) is 4.42. The van der Waals surface area contributed by atoms with Crippen LogP contribution in [0.5, 0.6) is 0 Å². The summed E-state index contributed by atoms with van der Waals surface area (Å²) in [6, 6.07) is 14.8. The van der Waals surface area contributed by atoms with Gasteiger partial charge >= 0.3 is 12.0 Å². The molecule has 2 aromatic rings. The lowest BCUT2D eigenvalue weighted by atomic mass is 10.1. The van der Waals surface area contributed by atoms with Crippen molar-refractivity contribution in [3.8, 4) is 0 Å². The van der Waals surface area contributed by atoms with Crippen LogP contribution in [0.15, 0.2) is 48.5 Å². The van der Waals surface area contributed by atoms with Crippen molar-refractivity contribution in [2.45, 2.75) is 26.8 Å². The molecule has 3 rings (SSSR count). The summed E-state index contributed by atoms with van der Waals surface area (Å²) in [5.74, 6) is -1.69. The van der Waals surface area contributed by atoms with Gasteiger partial charge in [-0.1, -0.05) is 36.4 Å². The maximum Gasteiger partial charge on any atom is 0.319 e. The minimum absolute atomic E-state index is 0.235. The third-order valence-corrected chi connectivity index (χ3v) is 4.81. The molecule has 0 spiro atoms. The van der Waals surface area contributed by atoms with Gasteiger partial charge in [-0.25, -0.2) is 4.79 Å². The second-order valence-electron chi connectivity index (χ2n) is 6.85. The number of rotatable bonds is 6. The standard InChI is InChI=1S/C22H25N3O4/c1-3-29-21(27)15(2)20(26)25-12-11-17-9-10-18(13-19(17)25)24-22(28)23-14-16-7-5-4-6-8-16/h4-10,13,15H,3,11-12,14H2,1-2H3,(H2,23,24,28). The highest BCUT2D eigenvalue weighted by atomic mass is 16.5. The van der Waals surface area contributed by atoms with E-state index < -0.39 is 11.9 Å². The van der Waals surface area contributed by atoms with Crippen LogP contribution in [-0.2, 0) is 27.3 Å². The molecule has 29 heavy (non-hydrogen) atoms. The maximum absolute atomic E-state index is 12.7. The van der Waals surface area contributed by atoms with Gasteiger partial charge in [0.15, 0.2) is 0 Å². The summed E-state index contributed by atoms with van der Waals surface area (Å²) >= 11 is 0. The van der Waals surface area contributed by atoms with E-state index in [1.165, 1.54) is 0 Å². The number of nitrogens with one attached hydrogen (secondary N) is 2. The van der Waals surface area contributed by atoms with Gasteiger partial charge in [-0.2, -0.15) is 0 Å². The van der Waals surface area contributed by atoms with Crippen LogP contribution in [0.25, 0.3) is 0 Å². The summed E-state index contributed by atoms with van der Waals surface area (Å²) in [5, 5.41) is 5.60. The SMILES string of the molecule is CCOC(=O)C(C)C(=O)N1CCc2ccc(NC(=O)NCc3ccccc3)cc21. The number of benzene rings is 2. The summed E-state index contributed by atoms with van der Waals surface area (Å²) in [4.78, 5) is 38.5. The van der Waals surface area contributed by atoms with E-state index in [9.17, 15) is 14.4 Å². The Balaban J connectivity index is 1.65. The lowest BCUT2D eigenvalue weighted by molar-refractivity contribution is -0.150. The molecule has 152 valence electrons. The van der Waals surface area contributed by atoms with Gasteiger partial charge in [-0.15, -0.1) is 0 Å². The van der Waals surface area contributed by atoms with Crippen molar-refractivity contribution >= 4 is 29.3 Å². The van der Waals surface area contributed by atoms with Crippen LogP contribution in [0.1, 0.15) is 25.0 Å². The van der Waals surface area contributed by atoms with E-state index in [1.54, 1.807) is 24.8 Å². The smallest absolute Gasteiger partial charge is 0.319 e. The number of nitrogens with zero attached hydrogens (tertiary/aromatic N) is 1. The van der Waals surface area contributed by atoms with E-state index in [2.05, 4.69) is 10.6 Å². The first kappa shape index (κ1) is 20.4. The minimum Gasteiger partial charge on any atom is -0.465 e. The van der Waals surface area contributed by atoms with E-state index in [0.29, 0.717) is 30.9 Å². The van der Waals surface area contributed by atoms with Crippen LogP contribution in [0.4, 0.5) is 16.2 Å². The number of urea groups is 1. The molecule has 0 aromatic heterocycles. The summed E-state index contributed by atoms with van der Waals surface area (Å²) in [6.07, 6.45) is 0.705. The molecule has 1 aliphatic rings. The zero-order valence-corrected chi connectivity index (χ0v) is 16.6. The van der Waals surface area contributed by atoms with E-state index in [1.807, 2.05) is 42.5 Å². The van der Waals surface area contributed by atoms with Crippen molar-refractivity contribution in [3.63, 3.8) is 0 Å². The molecule has 0 fully saturated rings. The van der Waals surface area contributed by atoms with Crippen molar-refractivity contribution in [3.05, 3.63) is 59.7 Å². The fraction of sp³-hybridized carbons (Fsp3) is 0.318. The highest BCUT2D eigenvalue weighted by Crippen LogP contribution is 2.32. The van der Waals surface area contributed by atoms with Crippen LogP contribution in [0.2, 0.25) is 0 Å². The highest BCUT2D eigenvalue weighted by molar-refractivity contribution is 6.07. The Labute approximate surface area is 170 Å². The quantitative estimate of drug-likeness (QED) is 0.581. The monoisotopic (exact) mass is 395 g/mol. The Hall–Kier alpha value is -3.35. The summed E-state index contributed by atoms with van der Waals surface area (Å²) in [7, 11) is 0. The predicted molar refractivity (Wildman–Crippen MR) is 111 cm³/mol. The normalized spacial score (nSPS) is 13.4. The molecule has 1 unspecified atom stereocenters. The van der Waals surface area contributed by atoms with Crippen LogP contribution in [0, 0.1) is 5.92 Å². The van der Waals surface area contributed by atoms with Crippen molar-refractivity contribution in [2.75, 3.05) is 23.4 Å². The average molecular weight is 395 g/mol. The van der Waals surface area contributed by atoms with Gasteiger partial charge in [0.2, 0.25) is 5.91 Å². The summed E-state index contributed by atoms with van der Waals surface area (Å²) < 4.78 is 4.96. The Morgan fingerprint density at radius 3 is 2.62 bits per heavy atom. The number of fused-ring (bicyclic) bond motifs is 1. The van der Waals surface area contributed by atoms with Crippen LogP contribution >= 0.6 is 0 Å². The Morgan fingerprint density at radius 1 is 1.14 bits per heavy atom. The lowest BCUT2D eigenvalue weighted by Gasteiger charge is -2.21. The van der Waals surface area contributed by atoms with Gasteiger partial charge < -0.3 is 20.3 Å². The second kappa shape index (κ2) is 9.23. The van der Waals surface area contributed by atoms with E-state index in [4.69, 9.17) is 4.74 Å². The fourth-order valence-corrected chi connectivity index (χ4v) is 3.24. The van der Waals surface area contributed by atoms with E-state index >= 15 is 0 Å². The molecule has 1 aliphatic heterocycles. The molecule has 2 aromatic carbocycles. The van der Waals surface area contributed by atoms with Crippen molar-refractivity contribution < 1.29 is 19.1 Å². The van der Waals surface area contributed by atoms with Gasteiger partial charge in [0.25, 0.3) is 0 Å².